The fourth-order valence-corrected chi connectivity index (χ4v) is 4.24. The molecule has 6 nitrogen and oxygen atoms in total. The van der Waals surface area contributed by atoms with Crippen LogP contribution in [0, 0.1) is 13.8 Å². The van der Waals surface area contributed by atoms with E-state index in [2.05, 4.69) is 46.9 Å². The Morgan fingerprint density at radius 3 is 2.39 bits per heavy atom. The number of methoxy groups -OCH3 is 1. The predicted octanol–water partition coefficient (Wildman–Crippen LogP) is 4.69. The first-order valence-electron chi connectivity index (χ1n) is 11.4. The van der Waals surface area contributed by atoms with Crippen LogP contribution in [0.15, 0.2) is 47.3 Å². The average Bonchev–Trinajstić information content (AvgIpc) is 2.79. The Morgan fingerprint density at radius 1 is 1.06 bits per heavy atom. The second-order valence-electron chi connectivity index (χ2n) is 8.27. The van der Waals surface area contributed by atoms with Crippen molar-refractivity contribution >= 4 is 33.9 Å². The minimum absolute atomic E-state index is 0.0763. The number of pyridine rings is 1. The summed E-state index contributed by atoms with van der Waals surface area (Å²) < 4.78 is 5.24. The molecule has 0 saturated carbocycles. The van der Waals surface area contributed by atoms with Gasteiger partial charge >= 0.3 is 0 Å². The lowest BCUT2D eigenvalue weighted by molar-refractivity contribution is 0.266. The van der Waals surface area contributed by atoms with Crippen molar-refractivity contribution in [2.24, 2.45) is 0 Å². The van der Waals surface area contributed by atoms with E-state index in [9.17, 15) is 4.79 Å². The third kappa shape index (κ3) is 6.33. The molecule has 33 heavy (non-hydrogen) atoms. The highest BCUT2D eigenvalue weighted by Gasteiger charge is 2.15. The van der Waals surface area contributed by atoms with Crippen LogP contribution in [0.5, 0.6) is 5.75 Å². The number of hydrogen-bond donors (Lipinski definition) is 2. The highest BCUT2D eigenvalue weighted by atomic mass is 32.1. The maximum Gasteiger partial charge on any atom is 0.253 e. The number of likely N-dealkylation sites (N-methyl/N-ethyl adjacent to an activating group) is 1. The number of aromatic nitrogens is 1. The monoisotopic (exact) mass is 466 g/mol. The van der Waals surface area contributed by atoms with Crippen molar-refractivity contribution in [3.8, 4) is 5.75 Å². The molecule has 0 aliphatic carbocycles. The lowest BCUT2D eigenvalue weighted by Gasteiger charge is -2.29. The van der Waals surface area contributed by atoms with Crippen molar-refractivity contribution in [3.05, 3.63) is 69.5 Å². The predicted molar refractivity (Wildman–Crippen MR) is 141 cm³/mol. The van der Waals surface area contributed by atoms with Gasteiger partial charge in [-0.2, -0.15) is 0 Å². The Hall–Kier alpha value is -2.90. The van der Waals surface area contributed by atoms with Gasteiger partial charge in [0.05, 0.1) is 13.7 Å². The van der Waals surface area contributed by atoms with E-state index >= 15 is 0 Å². The lowest BCUT2D eigenvalue weighted by atomic mass is 10.0. The van der Waals surface area contributed by atoms with Gasteiger partial charge in [0.2, 0.25) is 0 Å². The number of rotatable bonds is 9. The number of aromatic amines is 1. The molecule has 3 rings (SSSR count). The first kappa shape index (κ1) is 24.7. The van der Waals surface area contributed by atoms with Crippen molar-refractivity contribution in [2.45, 2.75) is 34.2 Å². The summed E-state index contributed by atoms with van der Waals surface area (Å²) in [6, 6.07) is 13.8. The fourth-order valence-electron chi connectivity index (χ4n) is 3.97. The summed E-state index contributed by atoms with van der Waals surface area (Å²) in [5.74, 6) is 0.790. The van der Waals surface area contributed by atoms with Gasteiger partial charge < -0.3 is 24.8 Å². The van der Waals surface area contributed by atoms with Crippen LogP contribution in [-0.4, -0.2) is 53.2 Å². The van der Waals surface area contributed by atoms with Gasteiger partial charge in [0.15, 0.2) is 5.11 Å². The van der Waals surface area contributed by atoms with E-state index in [1.807, 2.05) is 43.3 Å². The lowest BCUT2D eigenvalue weighted by Crippen LogP contribution is -2.41. The van der Waals surface area contributed by atoms with Gasteiger partial charge in [-0.25, -0.2) is 0 Å². The van der Waals surface area contributed by atoms with Gasteiger partial charge in [0, 0.05) is 35.2 Å². The Kier molecular flexibility index (Phi) is 8.47. The molecule has 0 atom stereocenters. The second kappa shape index (κ2) is 11.3. The summed E-state index contributed by atoms with van der Waals surface area (Å²) in [7, 11) is 1.64. The van der Waals surface area contributed by atoms with Crippen molar-refractivity contribution in [1.82, 2.24) is 14.8 Å². The minimum atomic E-state index is -0.0763. The van der Waals surface area contributed by atoms with Crippen LogP contribution in [0.3, 0.4) is 0 Å². The van der Waals surface area contributed by atoms with Crippen LogP contribution in [0.1, 0.15) is 30.5 Å². The van der Waals surface area contributed by atoms with Crippen LogP contribution in [0.2, 0.25) is 0 Å². The molecule has 0 saturated heterocycles. The number of thiocarbonyl (C=S) groups is 1. The van der Waals surface area contributed by atoms with Crippen LogP contribution in [0.25, 0.3) is 10.9 Å². The molecule has 0 aliphatic rings. The smallest absolute Gasteiger partial charge is 0.253 e. The molecule has 0 fully saturated rings. The van der Waals surface area contributed by atoms with Gasteiger partial charge in [-0.05, 0) is 86.7 Å². The Balaban J connectivity index is 1.87. The molecule has 2 N–H and O–H groups in total. The number of nitrogens with one attached hydrogen (secondary N) is 2. The van der Waals surface area contributed by atoms with Gasteiger partial charge in [0.1, 0.15) is 5.75 Å². The summed E-state index contributed by atoms with van der Waals surface area (Å²) in [6.45, 7) is 12.4. The molecule has 7 heteroatoms. The second-order valence-corrected chi connectivity index (χ2v) is 8.66. The first-order chi connectivity index (χ1) is 15.8. The summed E-state index contributed by atoms with van der Waals surface area (Å²) in [6.07, 6.45) is 0. The van der Waals surface area contributed by atoms with Crippen LogP contribution < -0.4 is 15.6 Å². The number of hydrogen-bond acceptors (Lipinski definition) is 4. The van der Waals surface area contributed by atoms with E-state index in [0.29, 0.717) is 23.8 Å². The summed E-state index contributed by atoms with van der Waals surface area (Å²) in [5.41, 5.74) is 4.66. The molecule has 1 heterocycles. The van der Waals surface area contributed by atoms with E-state index < -0.39 is 0 Å². The van der Waals surface area contributed by atoms with E-state index in [1.165, 1.54) is 0 Å². The van der Waals surface area contributed by atoms with Gasteiger partial charge in [0.25, 0.3) is 5.56 Å². The van der Waals surface area contributed by atoms with Crippen LogP contribution in [-0.2, 0) is 6.54 Å². The molecule has 0 bridgehead atoms. The molecule has 0 aliphatic heterocycles. The van der Waals surface area contributed by atoms with Crippen molar-refractivity contribution in [3.63, 3.8) is 0 Å². The van der Waals surface area contributed by atoms with Crippen LogP contribution >= 0.6 is 12.2 Å². The SMILES string of the molecule is CCN(CC)CCN(Cc1cc2c(C)cc(C)cc2[nH]c1=O)C(=S)Nc1ccc(OC)cc1. The highest BCUT2D eigenvalue weighted by molar-refractivity contribution is 7.80. The number of benzene rings is 2. The molecule has 0 radical (unpaired) electrons. The van der Waals surface area contributed by atoms with Crippen molar-refractivity contribution in [2.75, 3.05) is 38.6 Å². The Bertz CT molecular complexity index is 1150. The average molecular weight is 467 g/mol. The zero-order chi connectivity index (χ0) is 24.0. The number of fused-ring (bicyclic) bond motifs is 1. The van der Waals surface area contributed by atoms with Crippen LogP contribution in [0.4, 0.5) is 5.69 Å². The number of ether oxygens (including phenoxy) is 1. The molecule has 0 spiro atoms. The largest absolute Gasteiger partial charge is 0.497 e. The zero-order valence-electron chi connectivity index (χ0n) is 20.2. The topological polar surface area (TPSA) is 60.6 Å². The number of anilines is 1. The molecule has 1 aromatic heterocycles. The highest BCUT2D eigenvalue weighted by Crippen LogP contribution is 2.20. The Labute approximate surface area is 201 Å². The number of aryl methyl sites for hydroxylation is 2. The maximum atomic E-state index is 12.9. The summed E-state index contributed by atoms with van der Waals surface area (Å²) >= 11 is 5.78. The zero-order valence-corrected chi connectivity index (χ0v) is 21.0. The van der Waals surface area contributed by atoms with Gasteiger partial charge in [-0.1, -0.05) is 19.9 Å². The molecular weight excluding hydrogens is 432 g/mol. The van der Waals surface area contributed by atoms with Gasteiger partial charge in [-0.15, -0.1) is 0 Å². The quantitative estimate of drug-likeness (QED) is 0.446. The van der Waals surface area contributed by atoms with Gasteiger partial charge in [-0.3, -0.25) is 4.79 Å². The molecule has 3 aromatic rings. The molecular formula is C26H34N4O2S. The molecule has 0 unspecified atom stereocenters. The molecule has 0 amide bonds. The standard InChI is InChI=1S/C26H34N4O2S/c1-6-29(7-2)12-13-30(26(33)27-21-8-10-22(32-5)11-9-21)17-20-16-23-19(4)14-18(3)15-24(23)28-25(20)31/h8-11,14-16H,6-7,12-13,17H2,1-5H3,(H,27,33)(H,28,31). The first-order valence-corrected chi connectivity index (χ1v) is 11.8. The van der Waals surface area contributed by atoms with Crippen molar-refractivity contribution in [1.29, 1.82) is 0 Å². The van der Waals surface area contributed by atoms with E-state index in [1.54, 1.807) is 7.11 Å². The minimum Gasteiger partial charge on any atom is -0.497 e. The summed E-state index contributed by atoms with van der Waals surface area (Å²) in [5, 5.41) is 4.97. The normalized spacial score (nSPS) is 11.1. The third-order valence-electron chi connectivity index (χ3n) is 5.96. The summed E-state index contributed by atoms with van der Waals surface area (Å²) in [4.78, 5) is 20.4. The molecule has 176 valence electrons. The van der Waals surface area contributed by atoms with Crippen molar-refractivity contribution < 1.29 is 4.74 Å². The number of H-pyrrole nitrogens is 1. The van der Waals surface area contributed by atoms with E-state index in [-0.39, 0.29) is 5.56 Å². The maximum absolute atomic E-state index is 12.9. The fraction of sp³-hybridized carbons (Fsp3) is 0.385. The van der Waals surface area contributed by atoms with E-state index in [4.69, 9.17) is 17.0 Å². The Morgan fingerprint density at radius 2 is 1.76 bits per heavy atom. The van der Waals surface area contributed by atoms with E-state index in [0.717, 1.165) is 53.1 Å². The molecule has 2 aromatic carbocycles. The third-order valence-corrected chi connectivity index (χ3v) is 6.32. The number of nitrogens with zero attached hydrogens (tertiary/aromatic N) is 2.